The molecule has 3 aromatic rings. The predicted octanol–water partition coefficient (Wildman–Crippen LogP) is 4.57. The van der Waals surface area contributed by atoms with E-state index in [2.05, 4.69) is 24.3 Å². The molecule has 1 aliphatic heterocycles. The van der Waals surface area contributed by atoms with Crippen molar-refractivity contribution in [2.24, 2.45) is 0 Å². The third-order valence-corrected chi connectivity index (χ3v) is 4.06. The molecule has 0 unspecified atom stereocenters. The van der Waals surface area contributed by atoms with Crippen LogP contribution in [0.3, 0.4) is 0 Å². The molecule has 0 saturated carbocycles. The fraction of sp³-hybridized carbons (Fsp3) is 0.158. The Hall–Kier alpha value is -2.68. The Kier molecular flexibility index (Phi) is 2.93. The highest BCUT2D eigenvalue weighted by Gasteiger charge is 2.24. The molecule has 0 N–H and O–H groups in total. The van der Waals surface area contributed by atoms with E-state index in [9.17, 15) is 0 Å². The van der Waals surface area contributed by atoms with Crippen LogP contribution in [-0.2, 0) is 0 Å². The molecule has 0 saturated heterocycles. The molecule has 2 aromatic carbocycles. The molecule has 2 heterocycles. The maximum absolute atomic E-state index is 5.85. The van der Waals surface area contributed by atoms with Crippen LogP contribution >= 0.6 is 0 Å². The second-order valence-corrected chi connectivity index (χ2v) is 5.38. The number of hydrogen-bond acceptors (Lipinski definition) is 3. The highest BCUT2D eigenvalue weighted by Crippen LogP contribution is 2.46. The minimum atomic E-state index is 0.527. The fourth-order valence-corrected chi connectivity index (χ4v) is 2.98. The average molecular weight is 292 g/mol. The minimum absolute atomic E-state index is 0.527. The Morgan fingerprint density at radius 1 is 1.14 bits per heavy atom. The van der Waals surface area contributed by atoms with E-state index in [1.165, 1.54) is 11.1 Å². The van der Waals surface area contributed by atoms with Gasteiger partial charge in [0.25, 0.3) is 0 Å². The van der Waals surface area contributed by atoms with E-state index in [4.69, 9.17) is 13.9 Å². The lowest BCUT2D eigenvalue weighted by atomic mass is 9.93. The Morgan fingerprint density at radius 2 is 1.95 bits per heavy atom. The van der Waals surface area contributed by atoms with Gasteiger partial charge >= 0.3 is 0 Å². The molecule has 3 heteroatoms. The molecule has 22 heavy (non-hydrogen) atoms. The van der Waals surface area contributed by atoms with Crippen LogP contribution in [0.4, 0.5) is 0 Å². The first-order chi connectivity index (χ1) is 10.8. The van der Waals surface area contributed by atoms with Gasteiger partial charge in [-0.2, -0.15) is 0 Å². The fourth-order valence-electron chi connectivity index (χ4n) is 2.98. The molecular weight excluding hydrogens is 276 g/mol. The Labute approximate surface area is 128 Å². The molecule has 3 nitrogen and oxygen atoms in total. The maximum atomic E-state index is 5.85. The zero-order valence-corrected chi connectivity index (χ0v) is 12.6. The van der Waals surface area contributed by atoms with Crippen molar-refractivity contribution in [3.63, 3.8) is 0 Å². The van der Waals surface area contributed by atoms with E-state index in [1.54, 1.807) is 13.4 Å². The molecule has 0 bridgehead atoms. The summed E-state index contributed by atoms with van der Waals surface area (Å²) in [7, 11) is 1.65. The molecule has 0 spiro atoms. The number of furan rings is 1. The van der Waals surface area contributed by atoms with Gasteiger partial charge in [0, 0.05) is 10.9 Å². The highest BCUT2D eigenvalue weighted by molar-refractivity contribution is 5.97. The zero-order chi connectivity index (χ0) is 15.1. The van der Waals surface area contributed by atoms with Gasteiger partial charge in [0.05, 0.1) is 13.4 Å². The SMILES string of the molecule is COc1c2c(cc3c(C)coc13)C(c1ccccc1)=CCO2. The summed E-state index contributed by atoms with van der Waals surface area (Å²) < 4.78 is 17.1. The van der Waals surface area contributed by atoms with Crippen LogP contribution in [-0.4, -0.2) is 13.7 Å². The summed E-state index contributed by atoms with van der Waals surface area (Å²) in [6.07, 6.45) is 3.86. The van der Waals surface area contributed by atoms with Crippen molar-refractivity contribution in [2.45, 2.75) is 6.92 Å². The van der Waals surface area contributed by atoms with Gasteiger partial charge in [0.15, 0.2) is 11.3 Å². The Morgan fingerprint density at radius 3 is 2.73 bits per heavy atom. The van der Waals surface area contributed by atoms with Gasteiger partial charge in [-0.15, -0.1) is 0 Å². The number of hydrogen-bond donors (Lipinski definition) is 0. The standard InChI is InChI=1S/C19H16O3/c1-12-11-22-17-15(12)10-16-14(13-6-4-3-5-7-13)8-9-21-18(16)19(17)20-2/h3-8,10-11H,9H2,1-2H3. The van der Waals surface area contributed by atoms with E-state index in [-0.39, 0.29) is 0 Å². The van der Waals surface area contributed by atoms with E-state index < -0.39 is 0 Å². The van der Waals surface area contributed by atoms with Crippen molar-refractivity contribution < 1.29 is 13.9 Å². The van der Waals surface area contributed by atoms with Crippen LogP contribution in [0.5, 0.6) is 11.5 Å². The van der Waals surface area contributed by atoms with Crippen molar-refractivity contribution in [3.05, 3.63) is 65.4 Å². The summed E-state index contributed by atoms with van der Waals surface area (Å²) >= 11 is 0. The first-order valence-electron chi connectivity index (χ1n) is 7.27. The van der Waals surface area contributed by atoms with Crippen LogP contribution in [0.15, 0.2) is 53.2 Å². The summed E-state index contributed by atoms with van der Waals surface area (Å²) in [6, 6.07) is 12.5. The quantitative estimate of drug-likeness (QED) is 0.693. The summed E-state index contributed by atoms with van der Waals surface area (Å²) in [6.45, 7) is 2.56. The maximum Gasteiger partial charge on any atom is 0.205 e. The van der Waals surface area contributed by atoms with Gasteiger partial charge in [-0.05, 0) is 35.8 Å². The topological polar surface area (TPSA) is 31.6 Å². The molecule has 1 aliphatic rings. The van der Waals surface area contributed by atoms with E-state index in [1.807, 2.05) is 25.1 Å². The molecule has 1 aromatic heterocycles. The third-order valence-electron chi connectivity index (χ3n) is 4.06. The normalized spacial score (nSPS) is 13.5. The van der Waals surface area contributed by atoms with E-state index in [0.29, 0.717) is 12.4 Å². The van der Waals surface area contributed by atoms with Crippen molar-refractivity contribution >= 4 is 16.5 Å². The van der Waals surface area contributed by atoms with Crippen molar-refractivity contribution in [1.82, 2.24) is 0 Å². The second kappa shape index (κ2) is 4.95. The van der Waals surface area contributed by atoms with E-state index in [0.717, 1.165) is 27.8 Å². The number of methoxy groups -OCH3 is 1. The van der Waals surface area contributed by atoms with Gasteiger partial charge in [0.2, 0.25) is 5.75 Å². The number of ether oxygens (including phenoxy) is 2. The zero-order valence-electron chi connectivity index (χ0n) is 12.6. The molecule has 4 rings (SSSR count). The molecule has 110 valence electrons. The highest BCUT2D eigenvalue weighted by atomic mass is 16.5. The van der Waals surface area contributed by atoms with Gasteiger partial charge < -0.3 is 13.9 Å². The monoisotopic (exact) mass is 292 g/mol. The van der Waals surface area contributed by atoms with Crippen LogP contribution < -0.4 is 9.47 Å². The van der Waals surface area contributed by atoms with Gasteiger partial charge in [-0.3, -0.25) is 0 Å². The van der Waals surface area contributed by atoms with Gasteiger partial charge in [-0.25, -0.2) is 0 Å². The average Bonchev–Trinajstić information content (AvgIpc) is 2.94. The van der Waals surface area contributed by atoms with Crippen LogP contribution in [0.2, 0.25) is 0 Å². The third kappa shape index (κ3) is 1.82. The first kappa shape index (κ1) is 13.0. The lowest BCUT2D eigenvalue weighted by molar-refractivity contribution is 0.321. The Bertz CT molecular complexity index is 873. The van der Waals surface area contributed by atoms with E-state index >= 15 is 0 Å². The summed E-state index contributed by atoms with van der Waals surface area (Å²) in [5.41, 5.74) is 5.23. The van der Waals surface area contributed by atoms with Crippen molar-refractivity contribution in [2.75, 3.05) is 13.7 Å². The van der Waals surface area contributed by atoms with Crippen molar-refractivity contribution in [3.8, 4) is 11.5 Å². The minimum Gasteiger partial charge on any atom is -0.490 e. The molecule has 0 atom stereocenters. The first-order valence-corrected chi connectivity index (χ1v) is 7.27. The van der Waals surface area contributed by atoms with Crippen LogP contribution in [0.25, 0.3) is 16.5 Å². The summed E-state index contributed by atoms with van der Waals surface area (Å²) in [4.78, 5) is 0. The smallest absolute Gasteiger partial charge is 0.205 e. The number of rotatable bonds is 2. The lowest BCUT2D eigenvalue weighted by Gasteiger charge is -2.21. The molecule has 0 aliphatic carbocycles. The number of fused-ring (bicyclic) bond motifs is 2. The molecule has 0 amide bonds. The van der Waals surface area contributed by atoms with Gasteiger partial charge in [0.1, 0.15) is 6.61 Å². The molecule has 0 radical (unpaired) electrons. The number of aryl methyl sites for hydroxylation is 1. The van der Waals surface area contributed by atoms with Crippen molar-refractivity contribution in [1.29, 1.82) is 0 Å². The Balaban J connectivity index is 2.02. The van der Waals surface area contributed by atoms with Crippen LogP contribution in [0.1, 0.15) is 16.7 Å². The molecule has 0 fully saturated rings. The van der Waals surface area contributed by atoms with Crippen LogP contribution in [0, 0.1) is 6.92 Å². The summed E-state index contributed by atoms with van der Waals surface area (Å²) in [5, 5.41) is 1.06. The lowest BCUT2D eigenvalue weighted by Crippen LogP contribution is -2.07. The second-order valence-electron chi connectivity index (χ2n) is 5.38. The number of benzene rings is 2. The largest absolute Gasteiger partial charge is 0.490 e. The summed E-state index contributed by atoms with van der Waals surface area (Å²) in [5.74, 6) is 1.42. The molecular formula is C19H16O3. The predicted molar refractivity (Wildman–Crippen MR) is 86.5 cm³/mol. The van der Waals surface area contributed by atoms with Gasteiger partial charge in [-0.1, -0.05) is 30.3 Å².